The van der Waals surface area contributed by atoms with Crippen LogP contribution in [0.2, 0.25) is 5.02 Å². The van der Waals surface area contributed by atoms with E-state index >= 15 is 0 Å². The number of aromatic carboxylic acids is 1. The fourth-order valence-electron chi connectivity index (χ4n) is 1.21. The molecule has 0 atom stereocenters. The summed E-state index contributed by atoms with van der Waals surface area (Å²) in [4.78, 5) is 15.8. The molecule has 0 aliphatic heterocycles. The van der Waals surface area contributed by atoms with E-state index < -0.39 is 5.97 Å². The van der Waals surface area contributed by atoms with E-state index in [4.69, 9.17) is 16.7 Å². The Morgan fingerprint density at radius 1 is 1.53 bits per heavy atom. The lowest BCUT2D eigenvalue weighted by Crippen LogP contribution is -1.98. The average molecular weight is 270 g/mol. The molecule has 0 fully saturated rings. The van der Waals surface area contributed by atoms with Crippen molar-refractivity contribution in [3.05, 3.63) is 35.2 Å². The predicted molar refractivity (Wildman–Crippen MR) is 63.5 cm³/mol. The molecule has 0 spiro atoms. The summed E-state index contributed by atoms with van der Waals surface area (Å²) < 4.78 is 1.66. The molecule has 0 saturated carbocycles. The highest BCUT2D eigenvalue weighted by molar-refractivity contribution is 7.99. The third-order valence-electron chi connectivity index (χ3n) is 1.96. The second kappa shape index (κ2) is 4.77. The van der Waals surface area contributed by atoms with Crippen LogP contribution in [0.4, 0.5) is 0 Å². The number of carbonyl (C=O) groups is 1. The molecule has 2 aromatic rings. The van der Waals surface area contributed by atoms with Gasteiger partial charge in [-0.15, -0.1) is 0 Å². The van der Waals surface area contributed by atoms with Gasteiger partial charge in [0.15, 0.2) is 0 Å². The molecular weight excluding hydrogens is 262 g/mol. The molecule has 17 heavy (non-hydrogen) atoms. The van der Waals surface area contributed by atoms with E-state index in [0.717, 1.165) is 4.90 Å². The summed E-state index contributed by atoms with van der Waals surface area (Å²) in [5.74, 6) is -1.06. The zero-order chi connectivity index (χ0) is 12.4. The van der Waals surface area contributed by atoms with Gasteiger partial charge in [-0.05, 0) is 6.07 Å². The summed E-state index contributed by atoms with van der Waals surface area (Å²) in [6.45, 7) is 0. The summed E-state index contributed by atoms with van der Waals surface area (Å²) in [7, 11) is 1.81. The van der Waals surface area contributed by atoms with E-state index in [9.17, 15) is 4.79 Å². The van der Waals surface area contributed by atoms with Crippen molar-refractivity contribution in [2.45, 2.75) is 9.92 Å². The summed E-state index contributed by atoms with van der Waals surface area (Å²) in [5.41, 5.74) is 0.0491. The van der Waals surface area contributed by atoms with Crippen LogP contribution < -0.4 is 0 Å². The van der Waals surface area contributed by atoms with E-state index in [0.29, 0.717) is 5.03 Å². The van der Waals surface area contributed by atoms with E-state index in [2.05, 4.69) is 10.1 Å². The van der Waals surface area contributed by atoms with Gasteiger partial charge in [0, 0.05) is 19.4 Å². The monoisotopic (exact) mass is 269 g/mol. The molecule has 0 radical (unpaired) electrons. The fraction of sp³-hybridized carbons (Fsp3) is 0.100. The number of aryl methyl sites for hydroxylation is 1. The van der Waals surface area contributed by atoms with E-state index in [1.54, 1.807) is 10.9 Å². The first-order chi connectivity index (χ1) is 8.06. The Morgan fingerprint density at radius 3 is 2.88 bits per heavy atom. The SMILES string of the molecule is Cn1cc(Sc2cc(C(=O)O)c(Cl)cn2)cn1. The Kier molecular flexibility index (Phi) is 3.35. The second-order valence-corrected chi connectivity index (χ2v) is 4.76. The zero-order valence-corrected chi connectivity index (χ0v) is 10.4. The number of hydrogen-bond acceptors (Lipinski definition) is 4. The minimum Gasteiger partial charge on any atom is -0.478 e. The quantitative estimate of drug-likeness (QED) is 0.926. The van der Waals surface area contributed by atoms with Crippen molar-refractivity contribution in [2.75, 3.05) is 0 Å². The molecule has 2 rings (SSSR count). The molecule has 5 nitrogen and oxygen atoms in total. The van der Waals surface area contributed by atoms with Crippen molar-refractivity contribution in [3.63, 3.8) is 0 Å². The van der Waals surface area contributed by atoms with Crippen LogP contribution >= 0.6 is 23.4 Å². The molecule has 0 amide bonds. The maximum atomic E-state index is 10.9. The highest BCUT2D eigenvalue weighted by Crippen LogP contribution is 2.27. The van der Waals surface area contributed by atoms with Crippen LogP contribution in [-0.2, 0) is 7.05 Å². The number of aromatic nitrogens is 3. The molecule has 0 saturated heterocycles. The minimum absolute atomic E-state index is 0.0491. The third-order valence-corrected chi connectivity index (χ3v) is 3.14. The first-order valence-corrected chi connectivity index (χ1v) is 5.81. The van der Waals surface area contributed by atoms with E-state index in [1.165, 1.54) is 24.0 Å². The van der Waals surface area contributed by atoms with Crippen LogP contribution in [-0.4, -0.2) is 25.8 Å². The Labute approximate surface area is 106 Å². The number of carboxylic acids is 1. The number of rotatable bonds is 3. The van der Waals surface area contributed by atoms with Crippen molar-refractivity contribution < 1.29 is 9.90 Å². The largest absolute Gasteiger partial charge is 0.478 e. The second-order valence-electron chi connectivity index (χ2n) is 3.26. The van der Waals surface area contributed by atoms with Crippen molar-refractivity contribution in [1.82, 2.24) is 14.8 Å². The van der Waals surface area contributed by atoms with Crippen molar-refractivity contribution in [1.29, 1.82) is 0 Å². The van der Waals surface area contributed by atoms with Crippen molar-refractivity contribution in [2.24, 2.45) is 7.05 Å². The van der Waals surface area contributed by atoms with Gasteiger partial charge in [-0.2, -0.15) is 5.10 Å². The number of carboxylic acid groups (broad SMARTS) is 1. The Morgan fingerprint density at radius 2 is 2.29 bits per heavy atom. The van der Waals surface area contributed by atoms with E-state index in [1.807, 2.05) is 13.2 Å². The van der Waals surface area contributed by atoms with Crippen LogP contribution in [0.1, 0.15) is 10.4 Å². The lowest BCUT2D eigenvalue weighted by Gasteiger charge is -2.01. The molecule has 7 heteroatoms. The van der Waals surface area contributed by atoms with Crippen molar-refractivity contribution >= 4 is 29.3 Å². The highest BCUT2D eigenvalue weighted by Gasteiger charge is 2.11. The normalized spacial score (nSPS) is 10.5. The Hall–Kier alpha value is -1.53. The van der Waals surface area contributed by atoms with Gasteiger partial charge in [-0.1, -0.05) is 23.4 Å². The molecule has 0 aliphatic carbocycles. The summed E-state index contributed by atoms with van der Waals surface area (Å²) >= 11 is 7.06. The predicted octanol–water partition coefficient (Wildman–Crippen LogP) is 2.32. The standard InChI is InChI=1S/C10H8ClN3O2S/c1-14-5-6(3-13-14)17-9-2-7(10(15)16)8(11)4-12-9/h2-5H,1H3,(H,15,16). The van der Waals surface area contributed by atoms with Crippen LogP contribution in [0.5, 0.6) is 0 Å². The molecule has 0 unspecified atom stereocenters. The maximum absolute atomic E-state index is 10.9. The molecule has 88 valence electrons. The lowest BCUT2D eigenvalue weighted by atomic mass is 10.3. The zero-order valence-electron chi connectivity index (χ0n) is 8.79. The molecule has 0 aromatic carbocycles. The number of halogens is 1. The average Bonchev–Trinajstić information content (AvgIpc) is 2.66. The summed E-state index contributed by atoms with van der Waals surface area (Å²) in [5, 5.41) is 13.6. The van der Waals surface area contributed by atoms with Gasteiger partial charge < -0.3 is 5.11 Å². The molecule has 0 bridgehead atoms. The van der Waals surface area contributed by atoms with Gasteiger partial charge in [-0.25, -0.2) is 9.78 Å². The van der Waals surface area contributed by atoms with Gasteiger partial charge in [0.2, 0.25) is 0 Å². The van der Waals surface area contributed by atoms with Gasteiger partial charge in [0.05, 0.1) is 21.7 Å². The molecule has 2 heterocycles. The van der Waals surface area contributed by atoms with Gasteiger partial charge in [-0.3, -0.25) is 4.68 Å². The van der Waals surface area contributed by atoms with Gasteiger partial charge in [0.1, 0.15) is 5.03 Å². The van der Waals surface area contributed by atoms with E-state index in [-0.39, 0.29) is 10.6 Å². The Bertz CT molecular complexity index is 570. The van der Waals surface area contributed by atoms with Crippen LogP contribution in [0.15, 0.2) is 34.6 Å². The number of hydrogen-bond donors (Lipinski definition) is 1. The molecular formula is C10H8ClN3O2S. The third kappa shape index (κ3) is 2.78. The first kappa shape index (κ1) is 11.9. The van der Waals surface area contributed by atoms with Crippen LogP contribution in [0, 0.1) is 0 Å². The molecule has 1 N–H and O–H groups in total. The minimum atomic E-state index is -1.06. The topological polar surface area (TPSA) is 68.0 Å². The number of nitrogens with zero attached hydrogens (tertiary/aromatic N) is 3. The summed E-state index contributed by atoms with van der Waals surface area (Å²) in [6.07, 6.45) is 4.84. The van der Waals surface area contributed by atoms with Crippen molar-refractivity contribution in [3.8, 4) is 0 Å². The summed E-state index contributed by atoms with van der Waals surface area (Å²) in [6, 6.07) is 1.45. The fourth-order valence-corrected chi connectivity index (χ4v) is 2.22. The lowest BCUT2D eigenvalue weighted by molar-refractivity contribution is 0.0696. The first-order valence-electron chi connectivity index (χ1n) is 4.61. The van der Waals surface area contributed by atoms with Crippen LogP contribution in [0.25, 0.3) is 0 Å². The maximum Gasteiger partial charge on any atom is 0.337 e. The Balaban J connectivity index is 2.28. The number of pyridine rings is 1. The van der Waals surface area contributed by atoms with Crippen LogP contribution in [0.3, 0.4) is 0 Å². The molecule has 0 aliphatic rings. The highest BCUT2D eigenvalue weighted by atomic mass is 35.5. The molecule has 2 aromatic heterocycles. The smallest absolute Gasteiger partial charge is 0.337 e. The van der Waals surface area contributed by atoms with Gasteiger partial charge in [0.25, 0.3) is 0 Å². The van der Waals surface area contributed by atoms with Gasteiger partial charge >= 0.3 is 5.97 Å².